The maximum absolute atomic E-state index is 12.8. The molecule has 0 unspecified atom stereocenters. The SMILES string of the molecule is CC(C)(C)c1ccc(-c2cc(C(F)(F)F)cc(Cl)n2)cc1. The zero-order valence-corrected chi connectivity index (χ0v) is 12.7. The highest BCUT2D eigenvalue weighted by Crippen LogP contribution is 2.33. The lowest BCUT2D eigenvalue weighted by Crippen LogP contribution is -2.10. The van der Waals surface area contributed by atoms with Gasteiger partial charge in [0.05, 0.1) is 11.3 Å². The van der Waals surface area contributed by atoms with E-state index in [-0.39, 0.29) is 16.3 Å². The number of nitrogens with zero attached hydrogens (tertiary/aromatic N) is 1. The molecule has 21 heavy (non-hydrogen) atoms. The van der Waals surface area contributed by atoms with Crippen molar-refractivity contribution in [3.63, 3.8) is 0 Å². The Hall–Kier alpha value is -1.55. The van der Waals surface area contributed by atoms with E-state index in [0.29, 0.717) is 5.56 Å². The summed E-state index contributed by atoms with van der Waals surface area (Å²) in [6, 6.07) is 9.15. The molecule has 1 heterocycles. The van der Waals surface area contributed by atoms with Crippen molar-refractivity contribution in [2.45, 2.75) is 32.4 Å². The minimum Gasteiger partial charge on any atom is -0.236 e. The largest absolute Gasteiger partial charge is 0.416 e. The third-order valence-corrected chi connectivity index (χ3v) is 3.36. The molecule has 0 spiro atoms. The Labute approximate surface area is 126 Å². The van der Waals surface area contributed by atoms with Crippen molar-refractivity contribution in [1.29, 1.82) is 0 Å². The highest BCUT2D eigenvalue weighted by Gasteiger charge is 2.31. The third-order valence-electron chi connectivity index (χ3n) is 3.17. The second kappa shape index (κ2) is 5.34. The topological polar surface area (TPSA) is 12.9 Å². The van der Waals surface area contributed by atoms with Crippen molar-refractivity contribution >= 4 is 11.6 Å². The van der Waals surface area contributed by atoms with Crippen molar-refractivity contribution in [2.24, 2.45) is 0 Å². The van der Waals surface area contributed by atoms with Gasteiger partial charge in [-0.3, -0.25) is 0 Å². The highest BCUT2D eigenvalue weighted by molar-refractivity contribution is 6.29. The molecule has 1 nitrogen and oxygen atoms in total. The summed E-state index contributed by atoms with van der Waals surface area (Å²) in [7, 11) is 0. The van der Waals surface area contributed by atoms with Crippen LogP contribution >= 0.6 is 11.6 Å². The van der Waals surface area contributed by atoms with Gasteiger partial charge in [0.1, 0.15) is 5.15 Å². The van der Waals surface area contributed by atoms with Gasteiger partial charge < -0.3 is 0 Å². The molecule has 0 saturated heterocycles. The van der Waals surface area contributed by atoms with Crippen molar-refractivity contribution in [3.05, 3.63) is 52.7 Å². The van der Waals surface area contributed by atoms with Gasteiger partial charge in [0.15, 0.2) is 0 Å². The number of pyridine rings is 1. The highest BCUT2D eigenvalue weighted by atomic mass is 35.5. The van der Waals surface area contributed by atoms with E-state index < -0.39 is 11.7 Å². The van der Waals surface area contributed by atoms with Gasteiger partial charge in [-0.05, 0) is 23.1 Å². The first-order valence-electron chi connectivity index (χ1n) is 6.43. The predicted molar refractivity (Wildman–Crippen MR) is 78.4 cm³/mol. The first kappa shape index (κ1) is 15.8. The summed E-state index contributed by atoms with van der Waals surface area (Å²) < 4.78 is 38.4. The van der Waals surface area contributed by atoms with Crippen molar-refractivity contribution in [2.75, 3.05) is 0 Å². The van der Waals surface area contributed by atoms with Crippen LogP contribution in [0, 0.1) is 0 Å². The molecule has 0 aliphatic heterocycles. The van der Waals surface area contributed by atoms with Gasteiger partial charge in [-0.1, -0.05) is 56.6 Å². The van der Waals surface area contributed by atoms with Crippen LogP contribution in [-0.4, -0.2) is 4.98 Å². The van der Waals surface area contributed by atoms with Gasteiger partial charge in [-0.25, -0.2) is 4.98 Å². The van der Waals surface area contributed by atoms with Crippen LogP contribution in [-0.2, 0) is 11.6 Å². The standard InChI is InChI=1S/C16H15ClF3N/c1-15(2,3)11-6-4-10(5-7-11)13-8-12(16(18,19)20)9-14(17)21-13/h4-9H,1-3H3. The molecule has 2 rings (SSSR count). The second-order valence-electron chi connectivity index (χ2n) is 5.89. The number of benzene rings is 1. The van der Waals surface area contributed by atoms with Crippen LogP contribution in [0.3, 0.4) is 0 Å². The van der Waals surface area contributed by atoms with Crippen molar-refractivity contribution in [1.82, 2.24) is 4.98 Å². The smallest absolute Gasteiger partial charge is 0.236 e. The van der Waals surface area contributed by atoms with Crippen LogP contribution in [0.25, 0.3) is 11.3 Å². The molecule has 0 aliphatic rings. The first-order valence-corrected chi connectivity index (χ1v) is 6.81. The molecule has 1 aromatic carbocycles. The van der Waals surface area contributed by atoms with E-state index in [1.807, 2.05) is 12.1 Å². The van der Waals surface area contributed by atoms with Crippen LogP contribution in [0.2, 0.25) is 5.15 Å². The summed E-state index contributed by atoms with van der Waals surface area (Å²) in [6.07, 6.45) is -4.44. The molecule has 1 aromatic heterocycles. The number of aromatic nitrogens is 1. The molecule has 0 aliphatic carbocycles. The molecule has 0 bridgehead atoms. The molecular weight excluding hydrogens is 299 g/mol. The Morgan fingerprint density at radius 1 is 0.905 bits per heavy atom. The number of alkyl halides is 3. The summed E-state index contributed by atoms with van der Waals surface area (Å²) in [5.41, 5.74) is 1.12. The minimum absolute atomic E-state index is 0.0164. The summed E-state index contributed by atoms with van der Waals surface area (Å²) in [5.74, 6) is 0. The molecule has 0 atom stereocenters. The molecule has 0 amide bonds. The van der Waals surface area contributed by atoms with E-state index in [0.717, 1.165) is 17.7 Å². The predicted octanol–water partition coefficient (Wildman–Crippen LogP) is 5.72. The lowest BCUT2D eigenvalue weighted by atomic mass is 9.86. The third kappa shape index (κ3) is 3.76. The Kier molecular flexibility index (Phi) is 4.02. The van der Waals surface area contributed by atoms with Crippen molar-refractivity contribution < 1.29 is 13.2 Å². The van der Waals surface area contributed by atoms with Gasteiger partial charge in [0, 0.05) is 5.56 Å². The molecule has 0 N–H and O–H groups in total. The summed E-state index contributed by atoms with van der Waals surface area (Å²) >= 11 is 5.70. The van der Waals surface area contributed by atoms with E-state index in [1.165, 1.54) is 0 Å². The minimum atomic E-state index is -4.44. The van der Waals surface area contributed by atoms with E-state index >= 15 is 0 Å². The van der Waals surface area contributed by atoms with E-state index in [9.17, 15) is 13.2 Å². The van der Waals surface area contributed by atoms with Crippen LogP contribution < -0.4 is 0 Å². The molecule has 2 aromatic rings. The Balaban J connectivity index is 2.45. The van der Waals surface area contributed by atoms with Crippen LogP contribution in [0.15, 0.2) is 36.4 Å². The molecule has 0 fully saturated rings. The van der Waals surface area contributed by atoms with E-state index in [4.69, 9.17) is 11.6 Å². The fourth-order valence-corrected chi connectivity index (χ4v) is 2.16. The summed E-state index contributed by atoms with van der Waals surface area (Å²) in [4.78, 5) is 3.97. The quantitative estimate of drug-likeness (QED) is 0.614. The van der Waals surface area contributed by atoms with Crippen molar-refractivity contribution in [3.8, 4) is 11.3 Å². The fourth-order valence-electron chi connectivity index (χ4n) is 1.95. The van der Waals surface area contributed by atoms with E-state index in [1.54, 1.807) is 12.1 Å². The number of halogens is 4. The number of rotatable bonds is 1. The Morgan fingerprint density at radius 2 is 1.48 bits per heavy atom. The van der Waals surface area contributed by atoms with Gasteiger partial charge in [-0.15, -0.1) is 0 Å². The average Bonchev–Trinajstić information content (AvgIpc) is 2.36. The first-order chi connectivity index (χ1) is 9.57. The fraction of sp³-hybridized carbons (Fsp3) is 0.312. The van der Waals surface area contributed by atoms with Gasteiger partial charge in [0.25, 0.3) is 0 Å². The Bertz CT molecular complexity index is 640. The molecule has 0 radical (unpaired) electrons. The monoisotopic (exact) mass is 313 g/mol. The number of hydrogen-bond donors (Lipinski definition) is 0. The zero-order valence-electron chi connectivity index (χ0n) is 11.9. The molecule has 112 valence electrons. The number of hydrogen-bond acceptors (Lipinski definition) is 1. The second-order valence-corrected chi connectivity index (χ2v) is 6.28. The van der Waals surface area contributed by atoms with Gasteiger partial charge in [-0.2, -0.15) is 13.2 Å². The van der Waals surface area contributed by atoms with Crippen LogP contribution in [0.1, 0.15) is 31.9 Å². The lowest BCUT2D eigenvalue weighted by Gasteiger charge is -2.19. The maximum atomic E-state index is 12.8. The zero-order chi connectivity index (χ0) is 15.8. The van der Waals surface area contributed by atoms with Crippen LogP contribution in [0.5, 0.6) is 0 Å². The normalized spacial score (nSPS) is 12.5. The molecule has 5 heteroatoms. The Morgan fingerprint density at radius 3 is 1.95 bits per heavy atom. The average molecular weight is 314 g/mol. The van der Waals surface area contributed by atoms with E-state index in [2.05, 4.69) is 25.8 Å². The summed E-state index contributed by atoms with van der Waals surface area (Å²) in [6.45, 7) is 6.21. The molecular formula is C16H15ClF3N. The van der Waals surface area contributed by atoms with Gasteiger partial charge in [0.2, 0.25) is 0 Å². The van der Waals surface area contributed by atoms with Crippen LogP contribution in [0.4, 0.5) is 13.2 Å². The molecule has 0 saturated carbocycles. The van der Waals surface area contributed by atoms with Gasteiger partial charge >= 0.3 is 6.18 Å². The maximum Gasteiger partial charge on any atom is 0.416 e. The lowest BCUT2D eigenvalue weighted by molar-refractivity contribution is -0.137. The summed E-state index contributed by atoms with van der Waals surface area (Å²) in [5, 5.41) is -0.167.